The number of hydrogen-bond donors (Lipinski definition) is 3. The number of thiophene rings is 1. The molecule has 2 amide bonds. The highest BCUT2D eigenvalue weighted by Gasteiger charge is 2.20. The van der Waals surface area contributed by atoms with E-state index in [0.717, 1.165) is 35.6 Å². The highest BCUT2D eigenvalue weighted by Crippen LogP contribution is 2.26. The van der Waals surface area contributed by atoms with Crippen LogP contribution in [0.2, 0.25) is 4.34 Å². The summed E-state index contributed by atoms with van der Waals surface area (Å²) in [5.74, 6) is 0.305. The second kappa shape index (κ2) is 8.14. The van der Waals surface area contributed by atoms with E-state index in [0.29, 0.717) is 16.7 Å². The molecule has 3 aromatic heterocycles. The van der Waals surface area contributed by atoms with Gasteiger partial charge in [0, 0.05) is 12.2 Å². The van der Waals surface area contributed by atoms with Crippen LogP contribution in [0.4, 0.5) is 16.2 Å². The maximum atomic E-state index is 13.0. The molecule has 0 bridgehead atoms. The molecule has 0 unspecified atom stereocenters. The molecule has 168 valence electrons. The Morgan fingerprint density at radius 1 is 1.18 bits per heavy atom. The Kier molecular flexibility index (Phi) is 5.27. The van der Waals surface area contributed by atoms with Gasteiger partial charge in [0.25, 0.3) is 15.6 Å². The number of sulfonamides is 1. The van der Waals surface area contributed by atoms with Crippen molar-refractivity contribution in [2.75, 3.05) is 17.2 Å². The topological polar surface area (TPSA) is 135 Å². The van der Waals surface area contributed by atoms with Crippen molar-refractivity contribution in [3.63, 3.8) is 0 Å². The van der Waals surface area contributed by atoms with Crippen molar-refractivity contribution in [1.82, 2.24) is 19.3 Å². The number of aromatic nitrogens is 3. The standard InChI is InChI=1S/C20H15ClN6O4S2/c21-16-2-4-18(32-16)33(30,31)26-20(29)25-12-1-3-17(23-9-12)27-10-24-15-8-14-11(5-6-22-14)7-13(15)19(27)28/h1-4,7-10,22H,5-6H2,(H2,25,26,29). The first-order valence-corrected chi connectivity index (χ1v) is 12.3. The van der Waals surface area contributed by atoms with Crippen molar-refractivity contribution in [2.24, 2.45) is 0 Å². The van der Waals surface area contributed by atoms with Gasteiger partial charge in [-0.1, -0.05) is 11.6 Å². The number of pyridine rings is 1. The summed E-state index contributed by atoms with van der Waals surface area (Å²) in [6, 6.07) is 8.50. The van der Waals surface area contributed by atoms with E-state index < -0.39 is 16.1 Å². The number of urea groups is 1. The fourth-order valence-electron chi connectivity index (χ4n) is 3.45. The first-order valence-electron chi connectivity index (χ1n) is 9.64. The zero-order valence-electron chi connectivity index (χ0n) is 16.7. The van der Waals surface area contributed by atoms with E-state index in [1.807, 2.05) is 16.9 Å². The fourth-order valence-corrected chi connectivity index (χ4v) is 5.84. The number of hydrogen-bond acceptors (Lipinski definition) is 8. The zero-order valence-corrected chi connectivity index (χ0v) is 19.1. The van der Waals surface area contributed by atoms with Gasteiger partial charge >= 0.3 is 6.03 Å². The van der Waals surface area contributed by atoms with Crippen LogP contribution < -0.4 is 20.9 Å². The smallest absolute Gasteiger partial charge is 0.333 e. The molecule has 1 aliphatic heterocycles. The van der Waals surface area contributed by atoms with Crippen LogP contribution in [0.1, 0.15) is 5.56 Å². The van der Waals surface area contributed by atoms with Crippen molar-refractivity contribution in [3.8, 4) is 5.82 Å². The van der Waals surface area contributed by atoms with Crippen LogP contribution in [0.5, 0.6) is 0 Å². The lowest BCUT2D eigenvalue weighted by Crippen LogP contribution is -2.34. The number of carbonyl (C=O) groups is 1. The minimum Gasteiger partial charge on any atom is -0.384 e. The van der Waals surface area contributed by atoms with Gasteiger partial charge in [0.2, 0.25) is 0 Å². The maximum Gasteiger partial charge on any atom is 0.333 e. The van der Waals surface area contributed by atoms with E-state index in [2.05, 4.69) is 20.6 Å². The lowest BCUT2D eigenvalue weighted by atomic mass is 10.1. The SMILES string of the molecule is O=C(Nc1ccc(-n2cnc3cc4c(cc3c2=O)CCN4)nc1)NS(=O)(=O)c1ccc(Cl)s1. The second-order valence-electron chi connectivity index (χ2n) is 7.15. The van der Waals surface area contributed by atoms with Gasteiger partial charge in [0.05, 0.1) is 27.1 Å². The molecule has 0 fully saturated rings. The monoisotopic (exact) mass is 502 g/mol. The number of nitrogens with zero attached hydrogens (tertiary/aromatic N) is 3. The van der Waals surface area contributed by atoms with Crippen molar-refractivity contribution in [1.29, 1.82) is 0 Å². The van der Waals surface area contributed by atoms with Gasteiger partial charge < -0.3 is 10.6 Å². The third-order valence-corrected chi connectivity index (χ3v) is 8.04. The molecule has 4 heterocycles. The molecule has 1 aliphatic rings. The Hall–Kier alpha value is -3.48. The summed E-state index contributed by atoms with van der Waals surface area (Å²) in [4.78, 5) is 33.7. The molecule has 5 rings (SSSR count). The first kappa shape index (κ1) is 21.4. The predicted octanol–water partition coefficient (Wildman–Crippen LogP) is 2.97. The Morgan fingerprint density at radius 2 is 2.03 bits per heavy atom. The van der Waals surface area contributed by atoms with Crippen LogP contribution in [-0.2, 0) is 16.4 Å². The third-order valence-electron chi connectivity index (χ3n) is 4.99. The second-order valence-corrected chi connectivity index (χ2v) is 10.8. The molecule has 13 heteroatoms. The molecule has 1 aromatic carbocycles. The Bertz CT molecular complexity index is 1560. The number of benzene rings is 1. The number of amides is 2. The molecular formula is C20H15ClN6O4S2. The van der Waals surface area contributed by atoms with E-state index in [-0.39, 0.29) is 19.8 Å². The van der Waals surface area contributed by atoms with Crippen molar-refractivity contribution >= 4 is 61.3 Å². The van der Waals surface area contributed by atoms with E-state index in [4.69, 9.17) is 11.6 Å². The van der Waals surface area contributed by atoms with E-state index in [1.165, 1.54) is 41.4 Å². The number of nitrogens with one attached hydrogen (secondary N) is 3. The van der Waals surface area contributed by atoms with Crippen molar-refractivity contribution in [3.05, 3.63) is 69.2 Å². The minimum atomic E-state index is -4.05. The molecule has 0 aliphatic carbocycles. The summed E-state index contributed by atoms with van der Waals surface area (Å²) in [7, 11) is -4.05. The van der Waals surface area contributed by atoms with Crippen LogP contribution in [0.25, 0.3) is 16.7 Å². The Labute approximate surface area is 196 Å². The average Bonchev–Trinajstić information content (AvgIpc) is 3.42. The van der Waals surface area contributed by atoms with Crippen LogP contribution in [0, 0.1) is 0 Å². The highest BCUT2D eigenvalue weighted by atomic mass is 35.5. The summed E-state index contributed by atoms with van der Waals surface area (Å²) in [6.07, 6.45) is 3.55. The molecular weight excluding hydrogens is 488 g/mol. The lowest BCUT2D eigenvalue weighted by molar-refractivity contribution is 0.256. The summed E-state index contributed by atoms with van der Waals surface area (Å²) in [6.45, 7) is 0.825. The van der Waals surface area contributed by atoms with Crippen LogP contribution in [-0.4, -0.2) is 35.5 Å². The van der Waals surface area contributed by atoms with Gasteiger partial charge in [-0.05, 0) is 48.4 Å². The number of rotatable bonds is 4. The summed E-state index contributed by atoms with van der Waals surface area (Å²) >= 11 is 6.58. The normalized spacial score (nSPS) is 12.9. The van der Waals surface area contributed by atoms with Crippen molar-refractivity contribution < 1.29 is 13.2 Å². The van der Waals surface area contributed by atoms with Gasteiger partial charge in [-0.15, -0.1) is 11.3 Å². The number of carbonyl (C=O) groups excluding carboxylic acids is 1. The van der Waals surface area contributed by atoms with E-state index in [9.17, 15) is 18.0 Å². The Balaban J connectivity index is 1.35. The van der Waals surface area contributed by atoms with Crippen LogP contribution in [0.3, 0.4) is 0 Å². The molecule has 0 atom stereocenters. The van der Waals surface area contributed by atoms with Gasteiger partial charge in [-0.3, -0.25) is 9.36 Å². The maximum absolute atomic E-state index is 13.0. The predicted molar refractivity (Wildman–Crippen MR) is 126 cm³/mol. The van der Waals surface area contributed by atoms with Gasteiger partial charge in [-0.2, -0.15) is 0 Å². The zero-order chi connectivity index (χ0) is 23.2. The largest absolute Gasteiger partial charge is 0.384 e. The van der Waals surface area contributed by atoms with Crippen LogP contribution >= 0.6 is 22.9 Å². The number of halogens is 1. The van der Waals surface area contributed by atoms with E-state index in [1.54, 1.807) is 0 Å². The van der Waals surface area contributed by atoms with Gasteiger partial charge in [0.1, 0.15) is 16.4 Å². The van der Waals surface area contributed by atoms with Crippen molar-refractivity contribution in [2.45, 2.75) is 10.6 Å². The average molecular weight is 503 g/mol. The van der Waals surface area contributed by atoms with Gasteiger partial charge in [-0.25, -0.2) is 27.9 Å². The number of fused-ring (bicyclic) bond motifs is 2. The summed E-state index contributed by atoms with van der Waals surface area (Å²) in [5, 5.41) is 6.14. The summed E-state index contributed by atoms with van der Waals surface area (Å²) in [5.41, 5.74) is 2.62. The Morgan fingerprint density at radius 3 is 2.76 bits per heavy atom. The minimum absolute atomic E-state index is 0.0827. The molecule has 4 aromatic rings. The highest BCUT2D eigenvalue weighted by molar-refractivity contribution is 7.92. The molecule has 0 saturated heterocycles. The molecule has 3 N–H and O–H groups in total. The van der Waals surface area contributed by atoms with E-state index >= 15 is 0 Å². The number of anilines is 2. The molecule has 10 nitrogen and oxygen atoms in total. The summed E-state index contributed by atoms with van der Waals surface area (Å²) < 4.78 is 27.9. The van der Waals surface area contributed by atoms with Crippen LogP contribution in [0.15, 0.2) is 57.9 Å². The molecule has 0 spiro atoms. The fraction of sp³-hybridized carbons (Fsp3) is 0.100. The van der Waals surface area contributed by atoms with Gasteiger partial charge in [0.15, 0.2) is 0 Å². The molecule has 0 saturated carbocycles. The lowest BCUT2D eigenvalue weighted by Gasteiger charge is -2.09. The molecule has 33 heavy (non-hydrogen) atoms. The quantitative estimate of drug-likeness (QED) is 0.390. The molecule has 0 radical (unpaired) electrons. The first-order chi connectivity index (χ1) is 15.8. The third kappa shape index (κ3) is 4.15.